The smallest absolute Gasteiger partial charge is 0.124 e. The van der Waals surface area contributed by atoms with E-state index in [1.54, 1.807) is 0 Å². The molecule has 0 radical (unpaired) electrons. The Bertz CT molecular complexity index is 419. The minimum atomic E-state index is -0.191. The van der Waals surface area contributed by atoms with Crippen molar-refractivity contribution in [1.29, 1.82) is 0 Å². The third-order valence-corrected chi connectivity index (χ3v) is 6.13. The lowest BCUT2D eigenvalue weighted by Crippen LogP contribution is -2.39. The SMILES string of the molecule is CSC1(CNCc2ccc(F)cc2Br)CCCCC1. The van der Waals surface area contributed by atoms with Gasteiger partial charge in [-0.3, -0.25) is 0 Å². The maximum atomic E-state index is 13.0. The van der Waals surface area contributed by atoms with Crippen molar-refractivity contribution in [2.45, 2.75) is 43.4 Å². The predicted octanol–water partition coefficient (Wildman–Crippen LogP) is 4.74. The number of nitrogens with one attached hydrogen (secondary N) is 1. The first-order valence-electron chi connectivity index (χ1n) is 6.85. The summed E-state index contributed by atoms with van der Waals surface area (Å²) in [4.78, 5) is 0. The van der Waals surface area contributed by atoms with E-state index in [2.05, 4.69) is 27.5 Å². The fourth-order valence-electron chi connectivity index (χ4n) is 2.74. The average molecular weight is 346 g/mol. The molecule has 1 aromatic carbocycles. The Morgan fingerprint density at radius 1 is 1.32 bits per heavy atom. The first kappa shape index (κ1) is 15.3. The van der Waals surface area contributed by atoms with E-state index in [4.69, 9.17) is 0 Å². The van der Waals surface area contributed by atoms with E-state index in [1.165, 1.54) is 44.2 Å². The van der Waals surface area contributed by atoms with E-state index in [0.29, 0.717) is 4.75 Å². The number of thioether (sulfide) groups is 1. The molecule has 0 heterocycles. The molecule has 1 saturated carbocycles. The number of rotatable bonds is 5. The molecule has 1 nitrogen and oxygen atoms in total. The Hall–Kier alpha value is -0.0600. The molecule has 0 saturated heterocycles. The Morgan fingerprint density at radius 3 is 2.68 bits per heavy atom. The zero-order valence-corrected chi connectivity index (χ0v) is 13.7. The van der Waals surface area contributed by atoms with Crippen LogP contribution in [-0.2, 0) is 6.54 Å². The molecule has 1 aromatic rings. The fourth-order valence-corrected chi connectivity index (χ4v) is 4.17. The van der Waals surface area contributed by atoms with Crippen LogP contribution in [0.15, 0.2) is 22.7 Å². The van der Waals surface area contributed by atoms with Crippen molar-refractivity contribution in [3.8, 4) is 0 Å². The molecule has 0 bridgehead atoms. The summed E-state index contributed by atoms with van der Waals surface area (Å²) in [6.07, 6.45) is 8.93. The molecule has 2 rings (SSSR count). The molecule has 1 aliphatic carbocycles. The van der Waals surface area contributed by atoms with Crippen LogP contribution in [0.1, 0.15) is 37.7 Å². The van der Waals surface area contributed by atoms with Gasteiger partial charge in [0.2, 0.25) is 0 Å². The van der Waals surface area contributed by atoms with E-state index in [1.807, 2.05) is 17.8 Å². The molecule has 4 heteroatoms. The van der Waals surface area contributed by atoms with Crippen LogP contribution in [0.3, 0.4) is 0 Å². The van der Waals surface area contributed by atoms with Gasteiger partial charge in [-0.1, -0.05) is 41.3 Å². The van der Waals surface area contributed by atoms with Crippen LogP contribution in [-0.4, -0.2) is 17.5 Å². The molecule has 1 fully saturated rings. The van der Waals surface area contributed by atoms with Crippen molar-refractivity contribution in [2.24, 2.45) is 0 Å². The van der Waals surface area contributed by atoms with Gasteiger partial charge in [-0.05, 0) is 36.8 Å². The molecule has 0 atom stereocenters. The van der Waals surface area contributed by atoms with E-state index >= 15 is 0 Å². The molecule has 0 aliphatic heterocycles. The van der Waals surface area contributed by atoms with E-state index in [9.17, 15) is 4.39 Å². The van der Waals surface area contributed by atoms with Gasteiger partial charge in [0, 0.05) is 22.3 Å². The van der Waals surface area contributed by atoms with Gasteiger partial charge in [0.15, 0.2) is 0 Å². The molecule has 0 aromatic heterocycles. The average Bonchev–Trinajstić information content (AvgIpc) is 2.42. The van der Waals surface area contributed by atoms with Crippen LogP contribution in [0.25, 0.3) is 0 Å². The first-order chi connectivity index (χ1) is 9.15. The summed E-state index contributed by atoms with van der Waals surface area (Å²) in [6, 6.07) is 4.90. The zero-order chi connectivity index (χ0) is 13.7. The maximum absolute atomic E-state index is 13.0. The highest BCUT2D eigenvalue weighted by molar-refractivity contribution is 9.10. The van der Waals surface area contributed by atoms with Crippen LogP contribution < -0.4 is 5.32 Å². The number of benzene rings is 1. The van der Waals surface area contributed by atoms with E-state index in [0.717, 1.165) is 23.1 Å². The van der Waals surface area contributed by atoms with Gasteiger partial charge in [0.25, 0.3) is 0 Å². The second-order valence-electron chi connectivity index (χ2n) is 5.29. The normalized spacial score (nSPS) is 18.5. The van der Waals surface area contributed by atoms with Crippen molar-refractivity contribution in [1.82, 2.24) is 5.32 Å². The molecular formula is C15H21BrFNS. The third-order valence-electron chi connectivity index (χ3n) is 3.98. The molecular weight excluding hydrogens is 325 g/mol. The van der Waals surface area contributed by atoms with Gasteiger partial charge in [0.1, 0.15) is 5.82 Å². The Morgan fingerprint density at radius 2 is 2.05 bits per heavy atom. The van der Waals surface area contributed by atoms with Crippen LogP contribution in [0, 0.1) is 5.82 Å². The number of hydrogen-bond donors (Lipinski definition) is 1. The highest BCUT2D eigenvalue weighted by Gasteiger charge is 2.30. The minimum absolute atomic E-state index is 0.191. The van der Waals surface area contributed by atoms with Crippen LogP contribution in [0.4, 0.5) is 4.39 Å². The summed E-state index contributed by atoms with van der Waals surface area (Å²) in [6.45, 7) is 1.83. The van der Waals surface area contributed by atoms with Crippen molar-refractivity contribution in [3.63, 3.8) is 0 Å². The maximum Gasteiger partial charge on any atom is 0.124 e. The van der Waals surface area contributed by atoms with Crippen molar-refractivity contribution < 1.29 is 4.39 Å². The van der Waals surface area contributed by atoms with E-state index < -0.39 is 0 Å². The van der Waals surface area contributed by atoms with Gasteiger partial charge in [0.05, 0.1) is 0 Å². The first-order valence-corrected chi connectivity index (χ1v) is 8.87. The highest BCUT2D eigenvalue weighted by Crippen LogP contribution is 2.38. The van der Waals surface area contributed by atoms with Gasteiger partial charge in [-0.2, -0.15) is 11.8 Å². The summed E-state index contributed by atoms with van der Waals surface area (Å²) < 4.78 is 14.3. The molecule has 0 unspecified atom stereocenters. The molecule has 19 heavy (non-hydrogen) atoms. The highest BCUT2D eigenvalue weighted by atomic mass is 79.9. The van der Waals surface area contributed by atoms with Gasteiger partial charge >= 0.3 is 0 Å². The largest absolute Gasteiger partial charge is 0.311 e. The van der Waals surface area contributed by atoms with Gasteiger partial charge in [-0.15, -0.1) is 0 Å². The van der Waals surface area contributed by atoms with Gasteiger partial charge in [-0.25, -0.2) is 4.39 Å². The summed E-state index contributed by atoms with van der Waals surface area (Å²) in [7, 11) is 0. The summed E-state index contributed by atoms with van der Waals surface area (Å²) >= 11 is 5.42. The second kappa shape index (κ2) is 7.09. The summed E-state index contributed by atoms with van der Waals surface area (Å²) in [5.41, 5.74) is 1.12. The summed E-state index contributed by atoms with van der Waals surface area (Å²) in [5, 5.41) is 3.55. The zero-order valence-electron chi connectivity index (χ0n) is 11.3. The summed E-state index contributed by atoms with van der Waals surface area (Å²) in [5.74, 6) is -0.191. The second-order valence-corrected chi connectivity index (χ2v) is 7.42. The van der Waals surface area contributed by atoms with Crippen molar-refractivity contribution in [3.05, 3.63) is 34.1 Å². The lowest BCUT2D eigenvalue weighted by molar-refractivity contribution is 0.379. The Labute approximate surface area is 127 Å². The third kappa shape index (κ3) is 4.20. The Kier molecular flexibility index (Phi) is 5.72. The lowest BCUT2D eigenvalue weighted by Gasteiger charge is -2.36. The molecule has 0 spiro atoms. The topological polar surface area (TPSA) is 12.0 Å². The van der Waals surface area contributed by atoms with Gasteiger partial charge < -0.3 is 5.32 Å². The lowest BCUT2D eigenvalue weighted by atomic mass is 9.88. The van der Waals surface area contributed by atoms with Crippen molar-refractivity contribution in [2.75, 3.05) is 12.8 Å². The standard InChI is InChI=1S/C15H21BrFNS/c1-19-15(7-3-2-4-8-15)11-18-10-12-5-6-13(17)9-14(12)16/h5-6,9,18H,2-4,7-8,10-11H2,1H3. The van der Waals surface area contributed by atoms with Crippen molar-refractivity contribution >= 4 is 27.7 Å². The molecule has 0 amide bonds. The quantitative estimate of drug-likeness (QED) is 0.826. The number of hydrogen-bond acceptors (Lipinski definition) is 2. The van der Waals surface area contributed by atoms with E-state index in [-0.39, 0.29) is 5.82 Å². The van der Waals surface area contributed by atoms with Crippen LogP contribution >= 0.6 is 27.7 Å². The fraction of sp³-hybridized carbons (Fsp3) is 0.600. The van der Waals surface area contributed by atoms with Crippen LogP contribution in [0.5, 0.6) is 0 Å². The van der Waals surface area contributed by atoms with Crippen LogP contribution in [0.2, 0.25) is 0 Å². The Balaban J connectivity index is 1.88. The predicted molar refractivity (Wildman–Crippen MR) is 85.1 cm³/mol. The number of halogens is 2. The molecule has 106 valence electrons. The monoisotopic (exact) mass is 345 g/mol. The molecule has 1 aliphatic rings. The molecule has 1 N–H and O–H groups in total. The minimum Gasteiger partial charge on any atom is -0.311 e.